The van der Waals surface area contributed by atoms with Gasteiger partial charge in [0.15, 0.2) is 0 Å². The van der Waals surface area contributed by atoms with E-state index in [-0.39, 0.29) is 16.8 Å². The van der Waals surface area contributed by atoms with Gasteiger partial charge in [-0.1, -0.05) is 11.6 Å². The Morgan fingerprint density at radius 1 is 1.47 bits per heavy atom. The van der Waals surface area contributed by atoms with Crippen LogP contribution in [0.1, 0.15) is 23.7 Å². The fraction of sp³-hybridized carbons (Fsp3) is 0.538. The largest absolute Gasteiger partial charge is 0.478 e. The molecule has 19 heavy (non-hydrogen) atoms. The molecule has 0 spiro atoms. The van der Waals surface area contributed by atoms with Crippen molar-refractivity contribution in [1.29, 1.82) is 0 Å². The van der Waals surface area contributed by atoms with Crippen LogP contribution in [-0.2, 0) is 0 Å². The van der Waals surface area contributed by atoms with Crippen LogP contribution in [0.15, 0.2) is 12.1 Å². The molecule has 1 saturated heterocycles. The number of rotatable bonds is 2. The van der Waals surface area contributed by atoms with Gasteiger partial charge < -0.3 is 14.9 Å². The summed E-state index contributed by atoms with van der Waals surface area (Å²) in [5, 5.41) is 9.30. The van der Waals surface area contributed by atoms with E-state index in [0.717, 1.165) is 26.1 Å². The summed E-state index contributed by atoms with van der Waals surface area (Å²) < 4.78 is 0. The molecule has 1 aliphatic rings. The van der Waals surface area contributed by atoms with E-state index >= 15 is 0 Å². The summed E-state index contributed by atoms with van der Waals surface area (Å²) in [7, 11) is 2.09. The molecule has 0 saturated carbocycles. The molecule has 0 aromatic carbocycles. The zero-order valence-electron chi connectivity index (χ0n) is 11.1. The third kappa shape index (κ3) is 3.36. The van der Waals surface area contributed by atoms with Crippen LogP contribution in [0, 0.1) is 0 Å². The van der Waals surface area contributed by atoms with Crippen LogP contribution >= 0.6 is 11.6 Å². The van der Waals surface area contributed by atoms with E-state index < -0.39 is 5.97 Å². The van der Waals surface area contributed by atoms with Gasteiger partial charge in [0.05, 0.1) is 5.56 Å². The highest BCUT2D eigenvalue weighted by molar-refractivity contribution is 6.29. The molecule has 0 bridgehead atoms. The van der Waals surface area contributed by atoms with Crippen molar-refractivity contribution < 1.29 is 9.90 Å². The van der Waals surface area contributed by atoms with Crippen LogP contribution < -0.4 is 4.90 Å². The molecule has 1 aromatic heterocycles. The van der Waals surface area contributed by atoms with Crippen molar-refractivity contribution in [3.8, 4) is 0 Å². The van der Waals surface area contributed by atoms with Crippen LogP contribution in [0.3, 0.4) is 0 Å². The Balaban J connectivity index is 2.31. The number of likely N-dealkylation sites (N-methyl/N-ethyl adjacent to an activating group) is 1. The Morgan fingerprint density at radius 2 is 2.21 bits per heavy atom. The van der Waals surface area contributed by atoms with Crippen molar-refractivity contribution in [2.75, 3.05) is 31.6 Å². The summed E-state index contributed by atoms with van der Waals surface area (Å²) >= 11 is 5.92. The van der Waals surface area contributed by atoms with Gasteiger partial charge in [0, 0.05) is 19.1 Å². The molecule has 6 heteroatoms. The highest BCUT2D eigenvalue weighted by Crippen LogP contribution is 2.22. The van der Waals surface area contributed by atoms with Gasteiger partial charge in [-0.2, -0.15) is 0 Å². The zero-order valence-corrected chi connectivity index (χ0v) is 11.9. The van der Waals surface area contributed by atoms with E-state index in [1.165, 1.54) is 6.07 Å². The molecule has 5 nitrogen and oxygen atoms in total. The Bertz CT molecular complexity index is 481. The summed E-state index contributed by atoms with van der Waals surface area (Å²) in [4.78, 5) is 19.7. The number of hydrogen-bond donors (Lipinski definition) is 1. The minimum atomic E-state index is -0.981. The highest BCUT2D eigenvalue weighted by atomic mass is 35.5. The number of aromatic carboxylic acids is 1. The third-order valence-electron chi connectivity index (χ3n) is 3.37. The molecule has 0 radical (unpaired) electrons. The molecule has 1 fully saturated rings. The van der Waals surface area contributed by atoms with Gasteiger partial charge in [-0.25, -0.2) is 9.78 Å². The van der Waals surface area contributed by atoms with Crippen LogP contribution in [0.4, 0.5) is 5.82 Å². The van der Waals surface area contributed by atoms with Crippen LogP contribution in [0.25, 0.3) is 0 Å². The second kappa shape index (κ2) is 5.75. The van der Waals surface area contributed by atoms with Gasteiger partial charge in [-0.05, 0) is 39.1 Å². The fourth-order valence-electron chi connectivity index (χ4n) is 2.47. The van der Waals surface area contributed by atoms with Crippen molar-refractivity contribution in [1.82, 2.24) is 9.88 Å². The van der Waals surface area contributed by atoms with Crippen LogP contribution in [-0.4, -0.2) is 53.7 Å². The molecule has 1 atom stereocenters. The SMILES string of the molecule is CC1CN(C)CCCN1c1cc(C(=O)O)cc(Cl)n1. The average molecular weight is 284 g/mol. The quantitative estimate of drug-likeness (QED) is 0.841. The number of halogens is 1. The van der Waals surface area contributed by atoms with E-state index in [2.05, 4.69) is 28.8 Å². The van der Waals surface area contributed by atoms with Crippen molar-refractivity contribution in [2.45, 2.75) is 19.4 Å². The number of aromatic nitrogens is 1. The number of carbonyl (C=O) groups is 1. The first kappa shape index (κ1) is 14.1. The monoisotopic (exact) mass is 283 g/mol. The number of anilines is 1. The van der Waals surface area contributed by atoms with Crippen LogP contribution in [0.5, 0.6) is 0 Å². The molecule has 1 aromatic rings. The maximum absolute atomic E-state index is 11.1. The van der Waals surface area contributed by atoms with Crippen molar-refractivity contribution in [3.63, 3.8) is 0 Å². The lowest BCUT2D eigenvalue weighted by atomic mass is 10.2. The van der Waals surface area contributed by atoms with Gasteiger partial charge in [0.1, 0.15) is 11.0 Å². The van der Waals surface area contributed by atoms with Crippen molar-refractivity contribution >= 4 is 23.4 Å². The van der Waals surface area contributed by atoms with Gasteiger partial charge in [-0.3, -0.25) is 0 Å². The second-order valence-electron chi connectivity index (χ2n) is 5.00. The molecule has 1 N–H and O–H groups in total. The standard InChI is InChI=1S/C13H18ClN3O2/c1-9-8-16(2)4-3-5-17(9)12-7-10(13(18)19)6-11(14)15-12/h6-7,9H,3-5,8H2,1-2H3,(H,18,19). The van der Waals surface area contributed by atoms with Crippen molar-refractivity contribution in [2.24, 2.45) is 0 Å². The number of pyridine rings is 1. The highest BCUT2D eigenvalue weighted by Gasteiger charge is 2.22. The molecule has 0 amide bonds. The van der Waals surface area contributed by atoms with E-state index in [1.807, 2.05) is 0 Å². The fourth-order valence-corrected chi connectivity index (χ4v) is 2.67. The molecule has 1 unspecified atom stereocenters. The van der Waals surface area contributed by atoms with Gasteiger partial charge >= 0.3 is 5.97 Å². The Kier molecular flexibility index (Phi) is 4.27. The summed E-state index contributed by atoms with van der Waals surface area (Å²) in [5.41, 5.74) is 0.180. The minimum absolute atomic E-state index is 0.180. The second-order valence-corrected chi connectivity index (χ2v) is 5.39. The summed E-state index contributed by atoms with van der Waals surface area (Å²) in [6.45, 7) is 4.94. The Labute approximate surface area is 117 Å². The molecule has 1 aliphatic heterocycles. The predicted octanol–water partition coefficient (Wildman–Crippen LogP) is 1.96. The summed E-state index contributed by atoms with van der Waals surface area (Å²) in [6.07, 6.45) is 1.03. The number of carboxylic acids is 1. The van der Waals surface area contributed by atoms with E-state index in [9.17, 15) is 4.79 Å². The smallest absolute Gasteiger partial charge is 0.335 e. The average Bonchev–Trinajstić information content (AvgIpc) is 2.49. The normalized spacial score (nSPS) is 21.2. The minimum Gasteiger partial charge on any atom is -0.478 e. The first-order valence-electron chi connectivity index (χ1n) is 6.33. The Morgan fingerprint density at radius 3 is 2.89 bits per heavy atom. The van der Waals surface area contributed by atoms with E-state index in [0.29, 0.717) is 5.82 Å². The predicted molar refractivity (Wildman–Crippen MR) is 75.1 cm³/mol. The summed E-state index contributed by atoms with van der Waals surface area (Å²) in [5.74, 6) is -0.335. The molecule has 2 heterocycles. The molecule has 2 rings (SSSR count). The molecular weight excluding hydrogens is 266 g/mol. The van der Waals surface area contributed by atoms with Gasteiger partial charge in [0.2, 0.25) is 0 Å². The van der Waals surface area contributed by atoms with Crippen LogP contribution in [0.2, 0.25) is 5.15 Å². The Hall–Kier alpha value is -1.33. The lowest BCUT2D eigenvalue weighted by molar-refractivity contribution is 0.0696. The lowest BCUT2D eigenvalue weighted by Crippen LogP contribution is -2.38. The third-order valence-corrected chi connectivity index (χ3v) is 3.56. The first-order valence-corrected chi connectivity index (χ1v) is 6.71. The zero-order chi connectivity index (χ0) is 14.0. The maximum Gasteiger partial charge on any atom is 0.335 e. The number of hydrogen-bond acceptors (Lipinski definition) is 4. The number of nitrogens with zero attached hydrogens (tertiary/aromatic N) is 3. The van der Waals surface area contributed by atoms with Gasteiger partial charge in [0.25, 0.3) is 0 Å². The summed E-state index contributed by atoms with van der Waals surface area (Å²) in [6, 6.07) is 3.25. The van der Waals surface area contributed by atoms with E-state index in [4.69, 9.17) is 16.7 Å². The molecule has 104 valence electrons. The van der Waals surface area contributed by atoms with Crippen molar-refractivity contribution in [3.05, 3.63) is 22.8 Å². The van der Waals surface area contributed by atoms with Gasteiger partial charge in [-0.15, -0.1) is 0 Å². The lowest BCUT2D eigenvalue weighted by Gasteiger charge is -2.29. The molecular formula is C13H18ClN3O2. The topological polar surface area (TPSA) is 56.7 Å². The molecule has 0 aliphatic carbocycles. The maximum atomic E-state index is 11.1. The number of carboxylic acid groups (broad SMARTS) is 1. The first-order chi connectivity index (χ1) is 8.97. The van der Waals surface area contributed by atoms with E-state index in [1.54, 1.807) is 6.07 Å².